The van der Waals surface area contributed by atoms with E-state index in [0.29, 0.717) is 49.1 Å². The van der Waals surface area contributed by atoms with Crippen molar-refractivity contribution in [1.82, 2.24) is 24.8 Å². The molecule has 0 saturated carbocycles. The molecule has 31 heavy (non-hydrogen) atoms. The van der Waals surface area contributed by atoms with Crippen LogP contribution < -0.4 is 10.2 Å². The molecule has 0 radical (unpaired) electrons. The first-order chi connectivity index (χ1) is 15.0. The lowest BCUT2D eigenvalue weighted by atomic mass is 10.1. The molecule has 0 atom stereocenters. The first kappa shape index (κ1) is 19.9. The molecule has 1 amide bonds. The number of carbonyl (C=O) groups is 1. The van der Waals surface area contributed by atoms with Crippen LogP contribution in [0.25, 0.3) is 11.3 Å². The van der Waals surface area contributed by atoms with Gasteiger partial charge in [-0.2, -0.15) is 0 Å². The number of aromatic nitrogens is 4. The average molecular weight is 422 g/mol. The highest BCUT2D eigenvalue weighted by molar-refractivity contribution is 5.69. The number of rotatable bonds is 5. The molecule has 3 aromatic heterocycles. The minimum absolute atomic E-state index is 0.121. The third-order valence-corrected chi connectivity index (χ3v) is 4.76. The van der Waals surface area contributed by atoms with E-state index in [1.165, 1.54) is 35.6 Å². The normalized spacial score (nSPS) is 13.7. The number of pyridine rings is 2. The fraction of sp³-hybridized carbons (Fsp3) is 0.211. The SMILES string of the molecule is O=C(O)N1CCN(c2cc(-c3cc([N+](=O)[O-])cc(Nc4cnccn4)n3)ccn2)CC1. The van der Waals surface area contributed by atoms with E-state index in [1.807, 2.05) is 4.90 Å². The number of amides is 1. The van der Waals surface area contributed by atoms with E-state index in [4.69, 9.17) is 5.11 Å². The lowest BCUT2D eigenvalue weighted by molar-refractivity contribution is -0.384. The number of hydrogen-bond donors (Lipinski definition) is 2. The molecule has 2 N–H and O–H groups in total. The Kier molecular flexibility index (Phi) is 5.51. The van der Waals surface area contributed by atoms with Gasteiger partial charge in [0.2, 0.25) is 0 Å². The van der Waals surface area contributed by atoms with Crippen LogP contribution in [-0.2, 0) is 0 Å². The molecule has 0 aromatic carbocycles. The van der Waals surface area contributed by atoms with E-state index >= 15 is 0 Å². The molecular weight excluding hydrogens is 404 g/mol. The summed E-state index contributed by atoms with van der Waals surface area (Å²) in [7, 11) is 0. The summed E-state index contributed by atoms with van der Waals surface area (Å²) in [5, 5.41) is 23.5. The Morgan fingerprint density at radius 3 is 2.55 bits per heavy atom. The van der Waals surface area contributed by atoms with Crippen LogP contribution >= 0.6 is 0 Å². The largest absolute Gasteiger partial charge is 0.465 e. The van der Waals surface area contributed by atoms with Gasteiger partial charge in [0.1, 0.15) is 17.5 Å². The molecule has 1 fully saturated rings. The molecule has 1 aliphatic heterocycles. The molecule has 0 unspecified atom stereocenters. The van der Waals surface area contributed by atoms with Crippen LogP contribution in [0, 0.1) is 10.1 Å². The Balaban J connectivity index is 1.62. The monoisotopic (exact) mass is 422 g/mol. The second kappa shape index (κ2) is 8.57. The molecule has 158 valence electrons. The van der Waals surface area contributed by atoms with Crippen molar-refractivity contribution < 1.29 is 14.8 Å². The van der Waals surface area contributed by atoms with Gasteiger partial charge < -0.3 is 20.2 Å². The van der Waals surface area contributed by atoms with Crippen molar-refractivity contribution in [3.05, 3.63) is 59.2 Å². The van der Waals surface area contributed by atoms with E-state index in [9.17, 15) is 14.9 Å². The standard InChI is InChI=1S/C19H18N8O4/c28-19(29)26-7-5-25(6-8-26)18-9-13(1-2-22-18)15-10-14(27(30)31)11-16(23-15)24-17-12-20-3-4-21-17/h1-4,9-12H,5-8H2,(H,28,29)(H,21,23,24). The minimum atomic E-state index is -0.940. The summed E-state index contributed by atoms with van der Waals surface area (Å²) >= 11 is 0. The molecule has 12 nitrogen and oxygen atoms in total. The van der Waals surface area contributed by atoms with E-state index in [0.717, 1.165) is 0 Å². The van der Waals surface area contributed by atoms with Gasteiger partial charge in [0.25, 0.3) is 5.69 Å². The van der Waals surface area contributed by atoms with E-state index < -0.39 is 11.0 Å². The number of nitro groups is 1. The zero-order valence-electron chi connectivity index (χ0n) is 16.2. The summed E-state index contributed by atoms with van der Waals surface area (Å²) in [5.74, 6) is 1.32. The van der Waals surface area contributed by atoms with Crippen LogP contribution in [0.1, 0.15) is 0 Å². The van der Waals surface area contributed by atoms with Crippen LogP contribution in [-0.4, -0.2) is 67.1 Å². The van der Waals surface area contributed by atoms with Gasteiger partial charge >= 0.3 is 6.09 Å². The summed E-state index contributed by atoms with van der Waals surface area (Å²) in [4.78, 5) is 42.3. The number of anilines is 3. The lowest BCUT2D eigenvalue weighted by Gasteiger charge is -2.33. The van der Waals surface area contributed by atoms with Crippen LogP contribution in [0.5, 0.6) is 0 Å². The van der Waals surface area contributed by atoms with Gasteiger partial charge in [0, 0.05) is 56.4 Å². The van der Waals surface area contributed by atoms with Gasteiger partial charge in [-0.3, -0.25) is 15.1 Å². The zero-order valence-corrected chi connectivity index (χ0v) is 16.2. The maximum absolute atomic E-state index is 11.4. The van der Waals surface area contributed by atoms with Crippen molar-refractivity contribution in [2.75, 3.05) is 36.4 Å². The summed E-state index contributed by atoms with van der Waals surface area (Å²) in [6.45, 7) is 1.76. The molecule has 0 bridgehead atoms. The van der Waals surface area contributed by atoms with Crippen molar-refractivity contribution in [1.29, 1.82) is 0 Å². The van der Waals surface area contributed by atoms with E-state index in [-0.39, 0.29) is 11.5 Å². The first-order valence-electron chi connectivity index (χ1n) is 9.38. The average Bonchev–Trinajstić information content (AvgIpc) is 2.79. The summed E-state index contributed by atoms with van der Waals surface area (Å²) in [5.41, 5.74) is 0.926. The number of carboxylic acid groups (broad SMARTS) is 1. The fourth-order valence-corrected chi connectivity index (χ4v) is 3.21. The molecule has 0 aliphatic carbocycles. The Morgan fingerprint density at radius 2 is 1.87 bits per heavy atom. The third kappa shape index (κ3) is 4.63. The molecule has 1 aliphatic rings. The van der Waals surface area contributed by atoms with Crippen molar-refractivity contribution in [3.8, 4) is 11.3 Å². The Hall–Kier alpha value is -4.35. The molecule has 3 aromatic rings. The summed E-state index contributed by atoms with van der Waals surface area (Å²) < 4.78 is 0. The molecule has 4 heterocycles. The predicted molar refractivity (Wildman–Crippen MR) is 111 cm³/mol. The lowest BCUT2D eigenvalue weighted by Crippen LogP contribution is -2.48. The van der Waals surface area contributed by atoms with Gasteiger partial charge in [0.05, 0.1) is 22.9 Å². The first-order valence-corrected chi connectivity index (χ1v) is 9.38. The second-order valence-corrected chi connectivity index (χ2v) is 6.73. The zero-order chi connectivity index (χ0) is 21.8. The predicted octanol–water partition coefficient (Wildman–Crippen LogP) is 2.39. The maximum atomic E-state index is 11.4. The van der Waals surface area contributed by atoms with Gasteiger partial charge in [-0.15, -0.1) is 0 Å². The number of hydrogen-bond acceptors (Lipinski definition) is 9. The molecular formula is C19H18N8O4. The number of nitrogens with zero attached hydrogens (tertiary/aromatic N) is 7. The number of nitrogens with one attached hydrogen (secondary N) is 1. The summed E-state index contributed by atoms with van der Waals surface area (Å²) in [6.07, 6.45) is 5.17. The van der Waals surface area contributed by atoms with Crippen molar-refractivity contribution >= 4 is 29.2 Å². The topological polar surface area (TPSA) is 151 Å². The van der Waals surface area contributed by atoms with Crippen molar-refractivity contribution in [2.45, 2.75) is 0 Å². The van der Waals surface area contributed by atoms with Crippen LogP contribution in [0.15, 0.2) is 49.1 Å². The van der Waals surface area contributed by atoms with Crippen LogP contribution in [0.4, 0.5) is 27.9 Å². The Bertz CT molecular complexity index is 1100. The van der Waals surface area contributed by atoms with Crippen LogP contribution in [0.3, 0.4) is 0 Å². The number of piperazine rings is 1. The highest BCUT2D eigenvalue weighted by Gasteiger charge is 2.22. The highest BCUT2D eigenvalue weighted by Crippen LogP contribution is 2.28. The maximum Gasteiger partial charge on any atom is 0.407 e. The van der Waals surface area contributed by atoms with Crippen LogP contribution in [0.2, 0.25) is 0 Å². The quantitative estimate of drug-likeness (QED) is 0.463. The highest BCUT2D eigenvalue weighted by atomic mass is 16.6. The molecule has 0 spiro atoms. The Morgan fingerprint density at radius 1 is 1.06 bits per heavy atom. The van der Waals surface area contributed by atoms with E-state index in [2.05, 4.69) is 25.3 Å². The third-order valence-electron chi connectivity index (χ3n) is 4.76. The Labute approximate surface area is 176 Å². The van der Waals surface area contributed by atoms with Gasteiger partial charge in [-0.25, -0.2) is 19.7 Å². The molecule has 1 saturated heterocycles. The van der Waals surface area contributed by atoms with Gasteiger partial charge in [0.15, 0.2) is 0 Å². The fourth-order valence-electron chi connectivity index (χ4n) is 3.21. The molecule has 4 rings (SSSR count). The van der Waals surface area contributed by atoms with Gasteiger partial charge in [-0.1, -0.05) is 0 Å². The van der Waals surface area contributed by atoms with Crippen molar-refractivity contribution in [2.24, 2.45) is 0 Å². The summed E-state index contributed by atoms with van der Waals surface area (Å²) in [6, 6.07) is 6.22. The smallest absolute Gasteiger partial charge is 0.407 e. The van der Waals surface area contributed by atoms with Gasteiger partial charge in [-0.05, 0) is 12.1 Å². The van der Waals surface area contributed by atoms with Crippen molar-refractivity contribution in [3.63, 3.8) is 0 Å². The molecule has 12 heteroatoms. The second-order valence-electron chi connectivity index (χ2n) is 6.73. The van der Waals surface area contributed by atoms with E-state index in [1.54, 1.807) is 18.3 Å². The minimum Gasteiger partial charge on any atom is -0.465 e.